The number of rotatable bonds is 6. The molecule has 0 radical (unpaired) electrons. The summed E-state index contributed by atoms with van der Waals surface area (Å²) in [6, 6.07) is 4.99. The third kappa shape index (κ3) is 4.40. The van der Waals surface area contributed by atoms with Crippen LogP contribution in [-0.2, 0) is 4.79 Å². The lowest BCUT2D eigenvalue weighted by atomic mass is 10.1. The number of likely N-dealkylation sites (N-methyl/N-ethyl adjacent to an activating group) is 1. The van der Waals surface area contributed by atoms with Gasteiger partial charge in [-0.15, -0.1) is 11.3 Å². The molecular formula is C22H22Cl2N4O2S. The normalized spacial score (nSPS) is 13.5. The van der Waals surface area contributed by atoms with Gasteiger partial charge < -0.3 is 10.2 Å². The molecule has 0 unspecified atom stereocenters. The zero-order chi connectivity index (χ0) is 22.3. The van der Waals surface area contributed by atoms with Crippen LogP contribution in [0.1, 0.15) is 52.4 Å². The van der Waals surface area contributed by atoms with Crippen molar-refractivity contribution in [1.29, 1.82) is 0 Å². The van der Waals surface area contributed by atoms with E-state index in [1.54, 1.807) is 18.2 Å². The number of fused-ring (bicyclic) bond motifs is 1. The highest BCUT2D eigenvalue weighted by atomic mass is 35.5. The highest BCUT2D eigenvalue weighted by molar-refractivity contribution is 7.20. The summed E-state index contributed by atoms with van der Waals surface area (Å²) in [5, 5.41) is 4.33. The van der Waals surface area contributed by atoms with E-state index in [-0.39, 0.29) is 18.4 Å². The Balaban J connectivity index is 1.57. The number of thiophene rings is 1. The van der Waals surface area contributed by atoms with Crippen molar-refractivity contribution < 1.29 is 9.59 Å². The zero-order valence-corrected chi connectivity index (χ0v) is 19.8. The number of hydrogen-bond donors (Lipinski definition) is 1. The molecule has 1 aliphatic carbocycles. The van der Waals surface area contributed by atoms with Crippen molar-refractivity contribution in [2.24, 2.45) is 0 Å². The number of aryl methyl sites for hydroxylation is 2. The first-order valence-electron chi connectivity index (χ1n) is 10.1. The molecule has 162 valence electrons. The first-order chi connectivity index (χ1) is 14.8. The van der Waals surface area contributed by atoms with Gasteiger partial charge in [-0.3, -0.25) is 9.59 Å². The second-order valence-corrected chi connectivity index (χ2v) is 9.46. The standard InChI is InChI=1S/C22H22Cl2N4O2S/c1-4-28(10-16(29)26-18-14(23)6-5-7-15(18)24)22(30)19-11(2)17-12(3)25-20(13-8-9-13)27-21(17)31-19/h5-7,13H,4,8-10H2,1-3H3,(H,26,29). The molecule has 1 aromatic carbocycles. The van der Waals surface area contributed by atoms with Crippen LogP contribution in [0, 0.1) is 13.8 Å². The van der Waals surface area contributed by atoms with E-state index in [1.165, 1.54) is 16.2 Å². The lowest BCUT2D eigenvalue weighted by molar-refractivity contribution is -0.116. The highest BCUT2D eigenvalue weighted by Crippen LogP contribution is 2.40. The molecule has 2 aromatic heterocycles. The van der Waals surface area contributed by atoms with Crippen molar-refractivity contribution >= 4 is 62.3 Å². The van der Waals surface area contributed by atoms with Crippen LogP contribution in [0.2, 0.25) is 10.0 Å². The first-order valence-corrected chi connectivity index (χ1v) is 11.7. The minimum atomic E-state index is -0.365. The number of halogens is 2. The third-order valence-corrected chi connectivity index (χ3v) is 7.16. The monoisotopic (exact) mass is 476 g/mol. The van der Waals surface area contributed by atoms with E-state index in [2.05, 4.69) is 10.3 Å². The maximum Gasteiger partial charge on any atom is 0.264 e. The predicted octanol–water partition coefficient (Wildman–Crippen LogP) is 5.59. The molecule has 0 aliphatic heterocycles. The van der Waals surface area contributed by atoms with E-state index in [1.807, 2.05) is 20.8 Å². The smallest absolute Gasteiger partial charge is 0.264 e. The number of anilines is 1. The van der Waals surface area contributed by atoms with Gasteiger partial charge in [0.15, 0.2) is 0 Å². The van der Waals surface area contributed by atoms with Gasteiger partial charge in [-0.05, 0) is 51.3 Å². The molecule has 0 saturated heterocycles. The Morgan fingerprint density at radius 3 is 2.48 bits per heavy atom. The summed E-state index contributed by atoms with van der Waals surface area (Å²) >= 11 is 13.6. The Morgan fingerprint density at radius 1 is 1.19 bits per heavy atom. The van der Waals surface area contributed by atoms with Crippen molar-refractivity contribution in [3.05, 3.63) is 50.2 Å². The predicted molar refractivity (Wildman–Crippen MR) is 126 cm³/mol. The first kappa shape index (κ1) is 22.0. The maximum atomic E-state index is 13.3. The molecule has 1 aliphatic rings. The van der Waals surface area contributed by atoms with Crippen LogP contribution < -0.4 is 5.32 Å². The number of carbonyl (C=O) groups excluding carboxylic acids is 2. The van der Waals surface area contributed by atoms with Gasteiger partial charge in [-0.25, -0.2) is 9.97 Å². The molecule has 4 rings (SSSR count). The number of benzene rings is 1. The van der Waals surface area contributed by atoms with E-state index < -0.39 is 0 Å². The van der Waals surface area contributed by atoms with Crippen LogP contribution in [0.25, 0.3) is 10.2 Å². The molecule has 0 atom stereocenters. The molecule has 0 bridgehead atoms. The van der Waals surface area contributed by atoms with Crippen molar-refractivity contribution in [3.63, 3.8) is 0 Å². The SMILES string of the molecule is CCN(CC(=O)Nc1c(Cl)cccc1Cl)C(=O)c1sc2nc(C3CC3)nc(C)c2c1C. The number of amides is 2. The Hall–Kier alpha value is -2.22. The zero-order valence-electron chi connectivity index (χ0n) is 17.5. The van der Waals surface area contributed by atoms with Crippen molar-refractivity contribution in [2.75, 3.05) is 18.4 Å². The van der Waals surface area contributed by atoms with Crippen LogP contribution in [0.15, 0.2) is 18.2 Å². The van der Waals surface area contributed by atoms with E-state index in [0.717, 1.165) is 40.1 Å². The van der Waals surface area contributed by atoms with Gasteiger partial charge in [0.2, 0.25) is 5.91 Å². The summed E-state index contributed by atoms with van der Waals surface area (Å²) in [6.07, 6.45) is 2.24. The number of nitrogens with one attached hydrogen (secondary N) is 1. The molecule has 2 heterocycles. The summed E-state index contributed by atoms with van der Waals surface area (Å²) in [5.74, 6) is 0.748. The molecule has 0 spiro atoms. The van der Waals surface area contributed by atoms with Gasteiger partial charge in [0.1, 0.15) is 17.2 Å². The van der Waals surface area contributed by atoms with Crippen LogP contribution in [0.3, 0.4) is 0 Å². The Kier molecular flexibility index (Phi) is 6.19. The second kappa shape index (κ2) is 8.73. The number of hydrogen-bond acceptors (Lipinski definition) is 5. The maximum absolute atomic E-state index is 13.3. The summed E-state index contributed by atoms with van der Waals surface area (Å²) < 4.78 is 0. The fraction of sp³-hybridized carbons (Fsp3) is 0.364. The van der Waals surface area contributed by atoms with Crippen LogP contribution in [0.4, 0.5) is 5.69 Å². The lowest BCUT2D eigenvalue weighted by Crippen LogP contribution is -2.37. The number of para-hydroxylation sites is 1. The van der Waals surface area contributed by atoms with Gasteiger partial charge in [0, 0.05) is 17.8 Å². The topological polar surface area (TPSA) is 75.2 Å². The van der Waals surface area contributed by atoms with E-state index >= 15 is 0 Å². The van der Waals surface area contributed by atoms with Gasteiger partial charge >= 0.3 is 0 Å². The van der Waals surface area contributed by atoms with Gasteiger partial charge in [0.05, 0.1) is 26.3 Å². The second-order valence-electron chi connectivity index (χ2n) is 7.64. The Morgan fingerprint density at radius 2 is 1.87 bits per heavy atom. The molecule has 31 heavy (non-hydrogen) atoms. The number of nitrogens with zero attached hydrogens (tertiary/aromatic N) is 3. The van der Waals surface area contributed by atoms with Gasteiger partial charge in [0.25, 0.3) is 5.91 Å². The summed E-state index contributed by atoms with van der Waals surface area (Å²) in [6.45, 7) is 5.99. The van der Waals surface area contributed by atoms with E-state index in [9.17, 15) is 9.59 Å². The molecular weight excluding hydrogens is 455 g/mol. The van der Waals surface area contributed by atoms with Gasteiger partial charge in [-0.2, -0.15) is 0 Å². The van der Waals surface area contributed by atoms with E-state index in [0.29, 0.717) is 33.1 Å². The molecule has 3 aromatic rings. The third-order valence-electron chi connectivity index (χ3n) is 5.36. The van der Waals surface area contributed by atoms with Crippen LogP contribution in [-0.4, -0.2) is 39.8 Å². The molecule has 1 N–H and O–H groups in total. The minimum absolute atomic E-state index is 0.109. The fourth-order valence-electron chi connectivity index (χ4n) is 3.53. The quantitative estimate of drug-likeness (QED) is 0.502. The number of aromatic nitrogens is 2. The summed E-state index contributed by atoms with van der Waals surface area (Å²) in [5.41, 5.74) is 2.10. The van der Waals surface area contributed by atoms with Crippen LogP contribution in [0.5, 0.6) is 0 Å². The largest absolute Gasteiger partial charge is 0.329 e. The number of carbonyl (C=O) groups is 2. The minimum Gasteiger partial charge on any atom is -0.329 e. The van der Waals surface area contributed by atoms with Crippen LogP contribution >= 0.6 is 34.5 Å². The van der Waals surface area contributed by atoms with Crippen molar-refractivity contribution in [1.82, 2.24) is 14.9 Å². The lowest BCUT2D eigenvalue weighted by Gasteiger charge is -2.20. The average molecular weight is 477 g/mol. The molecule has 6 nitrogen and oxygen atoms in total. The Labute approximate surface area is 194 Å². The molecule has 2 amide bonds. The van der Waals surface area contributed by atoms with Crippen molar-refractivity contribution in [2.45, 2.75) is 39.5 Å². The van der Waals surface area contributed by atoms with Crippen molar-refractivity contribution in [3.8, 4) is 0 Å². The summed E-state index contributed by atoms with van der Waals surface area (Å²) in [7, 11) is 0. The average Bonchev–Trinajstić information content (AvgIpc) is 3.52. The van der Waals surface area contributed by atoms with E-state index in [4.69, 9.17) is 28.2 Å². The van der Waals surface area contributed by atoms with Gasteiger partial charge in [-0.1, -0.05) is 29.3 Å². The Bertz CT molecular complexity index is 1170. The molecule has 1 saturated carbocycles. The molecule has 9 heteroatoms. The molecule has 1 fully saturated rings. The summed E-state index contributed by atoms with van der Waals surface area (Å²) in [4.78, 5) is 38.2. The fourth-order valence-corrected chi connectivity index (χ4v) is 5.23. The highest BCUT2D eigenvalue weighted by Gasteiger charge is 2.29.